The van der Waals surface area contributed by atoms with E-state index in [0.717, 1.165) is 18.8 Å². The number of nitrogens with zero attached hydrogens (tertiary/aromatic N) is 3. The second-order valence-corrected chi connectivity index (χ2v) is 3.90. The molecule has 0 saturated heterocycles. The summed E-state index contributed by atoms with van der Waals surface area (Å²) in [7, 11) is 0. The predicted octanol–water partition coefficient (Wildman–Crippen LogP) is 1.95. The second kappa shape index (κ2) is 6.44. The third-order valence-corrected chi connectivity index (χ3v) is 2.39. The normalized spacial score (nSPS) is 9.95. The Balaban J connectivity index is 1.99. The molecule has 0 saturated carbocycles. The Bertz CT molecular complexity index is 526. The first-order valence-corrected chi connectivity index (χ1v) is 6.07. The lowest BCUT2D eigenvalue weighted by molar-refractivity contribution is 0.102. The molecule has 0 unspecified atom stereocenters. The number of anilines is 2. The zero-order valence-electron chi connectivity index (χ0n) is 10.6. The molecule has 0 atom stereocenters. The highest BCUT2D eigenvalue weighted by molar-refractivity contribution is 6.03. The quantitative estimate of drug-likeness (QED) is 0.855. The van der Waals surface area contributed by atoms with Crippen molar-refractivity contribution in [1.29, 1.82) is 0 Å². The van der Waals surface area contributed by atoms with Crippen LogP contribution >= 0.6 is 0 Å². The minimum absolute atomic E-state index is 0.255. The SMILES string of the molecule is CCCNc1ccc(C(=O)Nc2cnccn2)cn1. The molecule has 98 valence electrons. The summed E-state index contributed by atoms with van der Waals surface area (Å²) in [4.78, 5) is 23.9. The molecule has 0 aliphatic heterocycles. The topological polar surface area (TPSA) is 79.8 Å². The number of amides is 1. The number of hydrogen-bond acceptors (Lipinski definition) is 5. The van der Waals surface area contributed by atoms with Crippen LogP contribution in [-0.2, 0) is 0 Å². The van der Waals surface area contributed by atoms with Crippen LogP contribution in [0.25, 0.3) is 0 Å². The van der Waals surface area contributed by atoms with E-state index in [-0.39, 0.29) is 5.91 Å². The monoisotopic (exact) mass is 257 g/mol. The molecular formula is C13H15N5O. The van der Waals surface area contributed by atoms with Crippen molar-refractivity contribution < 1.29 is 4.79 Å². The van der Waals surface area contributed by atoms with Crippen LogP contribution in [0.2, 0.25) is 0 Å². The molecule has 0 fully saturated rings. The molecule has 0 aliphatic carbocycles. The van der Waals surface area contributed by atoms with Crippen molar-refractivity contribution in [2.24, 2.45) is 0 Å². The number of carbonyl (C=O) groups is 1. The Hall–Kier alpha value is -2.50. The van der Waals surface area contributed by atoms with Crippen molar-refractivity contribution in [1.82, 2.24) is 15.0 Å². The molecule has 2 N–H and O–H groups in total. The average Bonchev–Trinajstić information content (AvgIpc) is 2.46. The highest BCUT2D eigenvalue weighted by Crippen LogP contribution is 2.07. The fourth-order valence-electron chi connectivity index (χ4n) is 1.44. The van der Waals surface area contributed by atoms with Crippen LogP contribution < -0.4 is 10.6 Å². The van der Waals surface area contributed by atoms with E-state index in [0.29, 0.717) is 11.4 Å². The van der Waals surface area contributed by atoms with Gasteiger partial charge >= 0.3 is 0 Å². The van der Waals surface area contributed by atoms with Gasteiger partial charge in [0.15, 0.2) is 5.82 Å². The van der Waals surface area contributed by atoms with E-state index in [9.17, 15) is 4.79 Å². The Kier molecular flexibility index (Phi) is 4.39. The lowest BCUT2D eigenvalue weighted by Crippen LogP contribution is -2.13. The summed E-state index contributed by atoms with van der Waals surface area (Å²) >= 11 is 0. The van der Waals surface area contributed by atoms with E-state index in [1.807, 2.05) is 0 Å². The molecule has 0 bridgehead atoms. The number of pyridine rings is 1. The molecule has 2 aromatic rings. The summed E-state index contributed by atoms with van der Waals surface area (Å²) < 4.78 is 0. The van der Waals surface area contributed by atoms with E-state index in [1.54, 1.807) is 18.3 Å². The number of hydrogen-bond donors (Lipinski definition) is 2. The molecule has 0 aliphatic rings. The standard InChI is InChI=1S/C13H15N5O/c1-2-5-15-11-4-3-10(8-17-11)13(19)18-12-9-14-6-7-16-12/h3-4,6-9H,2,5H2,1H3,(H,15,17)(H,16,18,19). The minimum atomic E-state index is -0.255. The molecule has 19 heavy (non-hydrogen) atoms. The molecule has 2 rings (SSSR count). The van der Waals surface area contributed by atoms with Crippen molar-refractivity contribution in [3.05, 3.63) is 42.5 Å². The van der Waals surface area contributed by atoms with Gasteiger partial charge in [-0.25, -0.2) is 9.97 Å². The molecule has 6 heteroatoms. The third kappa shape index (κ3) is 3.74. The lowest BCUT2D eigenvalue weighted by atomic mass is 10.2. The number of aromatic nitrogens is 3. The fraction of sp³-hybridized carbons (Fsp3) is 0.231. The third-order valence-electron chi connectivity index (χ3n) is 2.39. The summed E-state index contributed by atoms with van der Waals surface area (Å²) in [5, 5.41) is 5.79. The summed E-state index contributed by atoms with van der Waals surface area (Å²) in [6, 6.07) is 3.50. The van der Waals surface area contributed by atoms with Crippen molar-refractivity contribution in [3.8, 4) is 0 Å². The van der Waals surface area contributed by atoms with E-state index < -0.39 is 0 Å². The number of rotatable bonds is 5. The van der Waals surface area contributed by atoms with Crippen LogP contribution in [0.4, 0.5) is 11.6 Å². The maximum atomic E-state index is 11.9. The molecule has 2 heterocycles. The van der Waals surface area contributed by atoms with Crippen molar-refractivity contribution in [2.75, 3.05) is 17.2 Å². The first kappa shape index (κ1) is 12.9. The van der Waals surface area contributed by atoms with Crippen molar-refractivity contribution in [2.45, 2.75) is 13.3 Å². The highest BCUT2D eigenvalue weighted by Gasteiger charge is 2.07. The molecule has 1 amide bonds. The van der Waals surface area contributed by atoms with Crippen molar-refractivity contribution in [3.63, 3.8) is 0 Å². The van der Waals surface area contributed by atoms with Gasteiger partial charge in [-0.05, 0) is 18.6 Å². The van der Waals surface area contributed by atoms with Crippen LogP contribution in [0, 0.1) is 0 Å². The van der Waals surface area contributed by atoms with E-state index in [4.69, 9.17) is 0 Å². The first-order chi connectivity index (χ1) is 9.29. The predicted molar refractivity (Wildman–Crippen MR) is 73.0 cm³/mol. The van der Waals surface area contributed by atoms with E-state index in [1.165, 1.54) is 18.6 Å². The Morgan fingerprint density at radius 3 is 2.68 bits per heavy atom. The Morgan fingerprint density at radius 1 is 1.16 bits per heavy atom. The molecular weight excluding hydrogens is 242 g/mol. The second-order valence-electron chi connectivity index (χ2n) is 3.90. The average molecular weight is 257 g/mol. The zero-order chi connectivity index (χ0) is 13.5. The summed E-state index contributed by atoms with van der Waals surface area (Å²) in [5.41, 5.74) is 0.479. The van der Waals surface area contributed by atoms with Gasteiger partial charge in [-0.1, -0.05) is 6.92 Å². The minimum Gasteiger partial charge on any atom is -0.370 e. The summed E-state index contributed by atoms with van der Waals surface area (Å²) in [6.07, 6.45) is 7.11. The largest absolute Gasteiger partial charge is 0.370 e. The smallest absolute Gasteiger partial charge is 0.258 e. The van der Waals surface area contributed by atoms with Gasteiger partial charge in [-0.2, -0.15) is 0 Å². The molecule has 0 spiro atoms. The van der Waals surface area contributed by atoms with E-state index in [2.05, 4.69) is 32.5 Å². The van der Waals surface area contributed by atoms with Gasteiger partial charge in [0.05, 0.1) is 11.8 Å². The molecule has 0 aromatic carbocycles. The van der Waals surface area contributed by atoms with Crippen LogP contribution in [0.15, 0.2) is 36.9 Å². The summed E-state index contributed by atoms with van der Waals surface area (Å²) in [6.45, 7) is 2.94. The molecule has 2 aromatic heterocycles. The lowest BCUT2D eigenvalue weighted by Gasteiger charge is -2.05. The summed E-state index contributed by atoms with van der Waals surface area (Å²) in [5.74, 6) is 0.925. The van der Waals surface area contributed by atoms with Gasteiger partial charge in [-0.3, -0.25) is 9.78 Å². The maximum Gasteiger partial charge on any atom is 0.258 e. The fourth-order valence-corrected chi connectivity index (χ4v) is 1.44. The van der Waals surface area contributed by atoms with Crippen molar-refractivity contribution >= 4 is 17.5 Å². The van der Waals surface area contributed by atoms with Crippen LogP contribution in [0.5, 0.6) is 0 Å². The molecule has 6 nitrogen and oxygen atoms in total. The number of nitrogens with one attached hydrogen (secondary N) is 2. The first-order valence-electron chi connectivity index (χ1n) is 6.07. The van der Waals surface area contributed by atoms with Gasteiger partial charge < -0.3 is 10.6 Å². The zero-order valence-corrected chi connectivity index (χ0v) is 10.6. The maximum absolute atomic E-state index is 11.9. The number of carbonyl (C=O) groups excluding carboxylic acids is 1. The van der Waals surface area contributed by atoms with Gasteiger partial charge in [-0.15, -0.1) is 0 Å². The van der Waals surface area contributed by atoms with Crippen LogP contribution in [-0.4, -0.2) is 27.4 Å². The van der Waals surface area contributed by atoms with Crippen LogP contribution in [0.3, 0.4) is 0 Å². The highest BCUT2D eigenvalue weighted by atomic mass is 16.1. The van der Waals surface area contributed by atoms with Gasteiger partial charge in [0.2, 0.25) is 0 Å². The van der Waals surface area contributed by atoms with Gasteiger partial charge in [0, 0.05) is 25.1 Å². The van der Waals surface area contributed by atoms with Crippen LogP contribution in [0.1, 0.15) is 23.7 Å². The Morgan fingerprint density at radius 2 is 2.05 bits per heavy atom. The van der Waals surface area contributed by atoms with Gasteiger partial charge in [0.1, 0.15) is 5.82 Å². The Labute approximate surface area is 111 Å². The van der Waals surface area contributed by atoms with E-state index >= 15 is 0 Å². The molecule has 0 radical (unpaired) electrons. The van der Waals surface area contributed by atoms with Gasteiger partial charge in [0.25, 0.3) is 5.91 Å².